The van der Waals surface area contributed by atoms with E-state index in [1.807, 2.05) is 12.1 Å². The highest BCUT2D eigenvalue weighted by molar-refractivity contribution is 5.65. The molecule has 0 heterocycles. The third-order valence-corrected chi connectivity index (χ3v) is 7.74. The van der Waals surface area contributed by atoms with E-state index in [2.05, 4.69) is 56.0 Å². The van der Waals surface area contributed by atoms with Crippen molar-refractivity contribution in [1.82, 2.24) is 0 Å². The van der Waals surface area contributed by atoms with Crippen LogP contribution in [0.4, 0.5) is 4.39 Å². The predicted molar refractivity (Wildman–Crippen MR) is 134 cm³/mol. The summed E-state index contributed by atoms with van der Waals surface area (Å²) in [6.07, 6.45) is 14.9. The average Bonchev–Trinajstić information content (AvgIpc) is 2.85. The Balaban J connectivity index is 1.34. The van der Waals surface area contributed by atoms with E-state index in [0.717, 1.165) is 59.3 Å². The molecular formula is C31H37F. The number of allylic oxidation sites excluding steroid dienone is 2. The zero-order valence-corrected chi connectivity index (χ0v) is 19.8. The van der Waals surface area contributed by atoms with Gasteiger partial charge in [-0.3, -0.25) is 0 Å². The first-order chi connectivity index (χ1) is 15.7. The summed E-state index contributed by atoms with van der Waals surface area (Å²) < 4.78 is 14.3. The Bertz CT molecular complexity index is 977. The molecule has 0 N–H and O–H groups in total. The summed E-state index contributed by atoms with van der Waals surface area (Å²) in [5, 5.41) is 0. The summed E-state index contributed by atoms with van der Waals surface area (Å²) in [4.78, 5) is 0. The van der Waals surface area contributed by atoms with E-state index in [1.54, 1.807) is 6.07 Å². The second kappa shape index (κ2) is 11.0. The van der Waals surface area contributed by atoms with Crippen LogP contribution in [-0.2, 0) is 6.42 Å². The van der Waals surface area contributed by atoms with Gasteiger partial charge < -0.3 is 0 Å². The van der Waals surface area contributed by atoms with E-state index in [1.165, 1.54) is 50.5 Å². The van der Waals surface area contributed by atoms with Crippen molar-refractivity contribution in [1.29, 1.82) is 0 Å². The second-order valence-electron chi connectivity index (χ2n) is 9.84. The average molecular weight is 429 g/mol. The number of aryl methyl sites for hydroxylation is 1. The maximum Gasteiger partial charge on any atom is 0.127 e. The van der Waals surface area contributed by atoms with Crippen LogP contribution in [0.2, 0.25) is 0 Å². The van der Waals surface area contributed by atoms with Crippen LogP contribution in [0.15, 0.2) is 54.1 Å². The van der Waals surface area contributed by atoms with Gasteiger partial charge in [-0.25, -0.2) is 4.39 Å². The zero-order valence-electron chi connectivity index (χ0n) is 19.8. The summed E-state index contributed by atoms with van der Waals surface area (Å²) in [7, 11) is 0. The Morgan fingerprint density at radius 2 is 1.59 bits per heavy atom. The normalized spacial score (nSPS) is 23.2. The first kappa shape index (κ1) is 22.8. The molecular weight excluding hydrogens is 391 g/mol. The Morgan fingerprint density at radius 1 is 0.844 bits per heavy atom. The molecule has 4 rings (SSSR count). The lowest BCUT2D eigenvalue weighted by Gasteiger charge is -2.34. The number of rotatable bonds is 5. The first-order valence-electron chi connectivity index (χ1n) is 12.8. The van der Waals surface area contributed by atoms with Crippen LogP contribution in [0.25, 0.3) is 11.1 Å². The molecule has 0 radical (unpaired) electrons. The van der Waals surface area contributed by atoms with E-state index in [9.17, 15) is 4.39 Å². The van der Waals surface area contributed by atoms with Crippen molar-refractivity contribution in [2.45, 2.75) is 78.1 Å². The SMILES string of the molecule is CCCc1ccc(-c2ccc(C#CC3=CCC(C4CCC(CC)CC4)CC3)cc2)cc1F. The Labute approximate surface area is 194 Å². The fourth-order valence-electron chi connectivity index (χ4n) is 5.56. The van der Waals surface area contributed by atoms with Gasteiger partial charge in [-0.2, -0.15) is 0 Å². The molecule has 32 heavy (non-hydrogen) atoms. The van der Waals surface area contributed by atoms with Crippen LogP contribution in [0, 0.1) is 35.4 Å². The molecule has 0 aromatic heterocycles. The van der Waals surface area contributed by atoms with Crippen LogP contribution in [0.1, 0.15) is 82.8 Å². The fraction of sp³-hybridized carbons (Fsp3) is 0.484. The smallest absolute Gasteiger partial charge is 0.127 e. The zero-order chi connectivity index (χ0) is 22.3. The number of hydrogen-bond acceptors (Lipinski definition) is 0. The van der Waals surface area contributed by atoms with Gasteiger partial charge in [-0.15, -0.1) is 0 Å². The summed E-state index contributed by atoms with van der Waals surface area (Å²) in [6, 6.07) is 13.8. The van der Waals surface area contributed by atoms with Gasteiger partial charge in [0.25, 0.3) is 0 Å². The fourth-order valence-corrected chi connectivity index (χ4v) is 5.56. The van der Waals surface area contributed by atoms with Crippen LogP contribution < -0.4 is 0 Å². The molecule has 1 saturated carbocycles. The summed E-state index contributed by atoms with van der Waals surface area (Å²) in [6.45, 7) is 4.42. The van der Waals surface area contributed by atoms with Gasteiger partial charge in [0, 0.05) is 5.56 Å². The molecule has 2 aliphatic carbocycles. The molecule has 168 valence electrons. The van der Waals surface area contributed by atoms with Gasteiger partial charge in [0.1, 0.15) is 5.82 Å². The predicted octanol–water partition coefficient (Wildman–Crippen LogP) is 8.74. The molecule has 1 heteroatoms. The number of halogens is 1. The van der Waals surface area contributed by atoms with Gasteiger partial charge in [-0.05, 0) is 96.7 Å². The van der Waals surface area contributed by atoms with Gasteiger partial charge in [0.15, 0.2) is 0 Å². The molecule has 2 aromatic carbocycles. The molecule has 0 nitrogen and oxygen atoms in total. The quantitative estimate of drug-likeness (QED) is 0.418. The second-order valence-corrected chi connectivity index (χ2v) is 9.84. The minimum absolute atomic E-state index is 0.103. The Hall–Kier alpha value is -2.33. The van der Waals surface area contributed by atoms with E-state index in [0.29, 0.717) is 0 Å². The molecule has 0 bridgehead atoms. The topological polar surface area (TPSA) is 0 Å². The molecule has 2 aromatic rings. The molecule has 1 atom stereocenters. The maximum atomic E-state index is 14.3. The molecule has 1 unspecified atom stereocenters. The molecule has 1 fully saturated rings. The van der Waals surface area contributed by atoms with Crippen LogP contribution in [0.5, 0.6) is 0 Å². The van der Waals surface area contributed by atoms with Crippen molar-refractivity contribution >= 4 is 0 Å². The summed E-state index contributed by atoms with van der Waals surface area (Å²) in [5.41, 5.74) is 5.10. The standard InChI is InChI=1S/C31H37F/c1-3-5-29-20-21-30(22-31(29)32)28-18-12-25(13-19-28)7-6-24-10-16-27(17-11-24)26-14-8-23(4-2)9-15-26/h10,12-13,18-23,26-27H,3-5,8-9,11,14-17H2,1-2H3. The maximum absolute atomic E-state index is 14.3. The van der Waals surface area contributed by atoms with E-state index in [4.69, 9.17) is 0 Å². The van der Waals surface area contributed by atoms with Gasteiger partial charge >= 0.3 is 0 Å². The van der Waals surface area contributed by atoms with Crippen molar-refractivity contribution in [2.24, 2.45) is 17.8 Å². The van der Waals surface area contributed by atoms with E-state index >= 15 is 0 Å². The minimum Gasteiger partial charge on any atom is -0.207 e. The van der Waals surface area contributed by atoms with Gasteiger partial charge in [0.2, 0.25) is 0 Å². The Morgan fingerprint density at radius 3 is 2.22 bits per heavy atom. The molecule has 0 aliphatic heterocycles. The number of hydrogen-bond donors (Lipinski definition) is 0. The van der Waals surface area contributed by atoms with E-state index in [-0.39, 0.29) is 5.82 Å². The van der Waals surface area contributed by atoms with Crippen molar-refractivity contribution in [3.63, 3.8) is 0 Å². The lowest BCUT2D eigenvalue weighted by atomic mass is 9.71. The highest BCUT2D eigenvalue weighted by Gasteiger charge is 2.27. The lowest BCUT2D eigenvalue weighted by Crippen LogP contribution is -2.22. The van der Waals surface area contributed by atoms with Crippen LogP contribution >= 0.6 is 0 Å². The van der Waals surface area contributed by atoms with Gasteiger partial charge in [-0.1, -0.05) is 81.7 Å². The number of benzene rings is 2. The third kappa shape index (κ3) is 5.72. The van der Waals surface area contributed by atoms with Crippen molar-refractivity contribution in [2.75, 3.05) is 0 Å². The Kier molecular flexibility index (Phi) is 7.85. The molecule has 2 aliphatic rings. The molecule has 0 spiro atoms. The lowest BCUT2D eigenvalue weighted by molar-refractivity contribution is 0.190. The summed E-state index contributed by atoms with van der Waals surface area (Å²) in [5.74, 6) is 9.46. The highest BCUT2D eigenvalue weighted by atomic mass is 19.1. The monoisotopic (exact) mass is 428 g/mol. The van der Waals surface area contributed by atoms with Crippen LogP contribution in [-0.4, -0.2) is 0 Å². The highest BCUT2D eigenvalue weighted by Crippen LogP contribution is 2.40. The minimum atomic E-state index is -0.103. The van der Waals surface area contributed by atoms with Crippen molar-refractivity contribution < 1.29 is 4.39 Å². The molecule has 0 saturated heterocycles. The third-order valence-electron chi connectivity index (χ3n) is 7.74. The summed E-state index contributed by atoms with van der Waals surface area (Å²) >= 11 is 0. The van der Waals surface area contributed by atoms with E-state index < -0.39 is 0 Å². The van der Waals surface area contributed by atoms with Crippen molar-refractivity contribution in [3.05, 3.63) is 71.1 Å². The van der Waals surface area contributed by atoms with Crippen molar-refractivity contribution in [3.8, 4) is 23.0 Å². The van der Waals surface area contributed by atoms with Crippen LogP contribution in [0.3, 0.4) is 0 Å². The molecule has 0 amide bonds. The first-order valence-corrected chi connectivity index (χ1v) is 12.8. The largest absolute Gasteiger partial charge is 0.207 e. The van der Waals surface area contributed by atoms with Gasteiger partial charge in [0.05, 0.1) is 0 Å².